The van der Waals surface area contributed by atoms with Gasteiger partial charge in [0.05, 0.1) is 25.3 Å². The number of fused-ring (bicyclic) bond motifs is 1. The standard InChI is InChI=1S/C24H23N3O5/c1-26-19-6-4-5-7-20(19)27(24(26)29)15-23(28)25-16-8-13-21(31-3)22(14-16)32-18-11-9-17(30-2)10-12-18/h4-14H,15H2,1-3H3,(H,25,28). The first-order valence-electron chi connectivity index (χ1n) is 9.94. The number of aromatic nitrogens is 2. The van der Waals surface area contributed by atoms with Gasteiger partial charge in [-0.3, -0.25) is 13.9 Å². The lowest BCUT2D eigenvalue weighted by Gasteiger charge is -2.13. The number of aryl methyl sites for hydroxylation is 1. The lowest BCUT2D eigenvalue weighted by Crippen LogP contribution is -2.28. The predicted molar refractivity (Wildman–Crippen MR) is 122 cm³/mol. The first-order valence-corrected chi connectivity index (χ1v) is 9.94. The molecule has 0 fully saturated rings. The number of rotatable bonds is 7. The van der Waals surface area contributed by atoms with E-state index in [2.05, 4.69) is 5.32 Å². The van der Waals surface area contributed by atoms with E-state index in [9.17, 15) is 9.59 Å². The highest BCUT2D eigenvalue weighted by Gasteiger charge is 2.14. The molecule has 0 bridgehead atoms. The van der Waals surface area contributed by atoms with E-state index in [0.717, 1.165) is 5.52 Å². The van der Waals surface area contributed by atoms with Gasteiger partial charge in [0.15, 0.2) is 11.5 Å². The fraction of sp³-hybridized carbons (Fsp3) is 0.167. The van der Waals surface area contributed by atoms with Gasteiger partial charge >= 0.3 is 5.69 Å². The Hall–Kier alpha value is -4.20. The van der Waals surface area contributed by atoms with Crippen molar-refractivity contribution < 1.29 is 19.0 Å². The summed E-state index contributed by atoms with van der Waals surface area (Å²) in [5.41, 5.74) is 1.74. The van der Waals surface area contributed by atoms with Gasteiger partial charge in [-0.1, -0.05) is 12.1 Å². The molecule has 8 nitrogen and oxygen atoms in total. The van der Waals surface area contributed by atoms with Crippen LogP contribution in [0.5, 0.6) is 23.0 Å². The number of amides is 1. The molecule has 1 aromatic heterocycles. The molecule has 4 rings (SSSR count). The molecule has 0 radical (unpaired) electrons. The molecular weight excluding hydrogens is 410 g/mol. The van der Waals surface area contributed by atoms with Gasteiger partial charge in [-0.15, -0.1) is 0 Å². The number of hydrogen-bond donors (Lipinski definition) is 1. The zero-order valence-electron chi connectivity index (χ0n) is 18.0. The third-order valence-corrected chi connectivity index (χ3v) is 5.09. The highest BCUT2D eigenvalue weighted by Crippen LogP contribution is 2.34. The minimum atomic E-state index is -0.330. The summed E-state index contributed by atoms with van der Waals surface area (Å²) in [5.74, 6) is 1.94. The molecule has 1 N–H and O–H groups in total. The molecule has 0 spiro atoms. The molecule has 0 atom stereocenters. The van der Waals surface area contributed by atoms with Gasteiger partial charge in [0.1, 0.15) is 18.0 Å². The summed E-state index contributed by atoms with van der Waals surface area (Å²) in [6, 6.07) is 19.6. The van der Waals surface area contributed by atoms with Gasteiger partial charge in [-0.25, -0.2) is 4.79 Å². The summed E-state index contributed by atoms with van der Waals surface area (Å²) in [4.78, 5) is 25.3. The lowest BCUT2D eigenvalue weighted by atomic mass is 10.2. The molecule has 4 aromatic rings. The number of imidazole rings is 1. The van der Waals surface area contributed by atoms with Crippen LogP contribution in [-0.2, 0) is 18.4 Å². The van der Waals surface area contributed by atoms with Crippen LogP contribution >= 0.6 is 0 Å². The van der Waals surface area contributed by atoms with E-state index >= 15 is 0 Å². The fourth-order valence-electron chi connectivity index (χ4n) is 3.47. The van der Waals surface area contributed by atoms with Crippen molar-refractivity contribution in [1.29, 1.82) is 0 Å². The Balaban J connectivity index is 1.54. The zero-order valence-corrected chi connectivity index (χ0v) is 18.0. The van der Waals surface area contributed by atoms with Crippen LogP contribution in [-0.4, -0.2) is 29.3 Å². The quantitative estimate of drug-likeness (QED) is 0.480. The number of anilines is 1. The van der Waals surface area contributed by atoms with Crippen LogP contribution in [0.1, 0.15) is 0 Å². The van der Waals surface area contributed by atoms with Crippen LogP contribution in [0.3, 0.4) is 0 Å². The summed E-state index contributed by atoms with van der Waals surface area (Å²) >= 11 is 0. The fourth-order valence-corrected chi connectivity index (χ4v) is 3.47. The van der Waals surface area contributed by atoms with Crippen molar-refractivity contribution in [1.82, 2.24) is 9.13 Å². The maximum absolute atomic E-state index is 12.7. The van der Waals surface area contributed by atoms with Crippen molar-refractivity contribution >= 4 is 22.6 Å². The van der Waals surface area contributed by atoms with E-state index in [-0.39, 0.29) is 18.1 Å². The van der Waals surface area contributed by atoms with Crippen molar-refractivity contribution in [3.05, 3.63) is 77.2 Å². The highest BCUT2D eigenvalue weighted by molar-refractivity contribution is 5.92. The summed E-state index contributed by atoms with van der Waals surface area (Å²) < 4.78 is 19.4. The molecule has 8 heteroatoms. The van der Waals surface area contributed by atoms with Gasteiger partial charge in [-0.05, 0) is 48.5 Å². The molecule has 0 aliphatic heterocycles. The minimum absolute atomic E-state index is 0.110. The maximum atomic E-state index is 12.7. The summed E-state index contributed by atoms with van der Waals surface area (Å²) in [6.07, 6.45) is 0. The maximum Gasteiger partial charge on any atom is 0.329 e. The lowest BCUT2D eigenvalue weighted by molar-refractivity contribution is -0.116. The molecule has 0 aliphatic rings. The number of para-hydroxylation sites is 2. The number of benzene rings is 3. The molecule has 0 saturated heterocycles. The molecule has 0 saturated carbocycles. The number of methoxy groups -OCH3 is 2. The van der Waals surface area contributed by atoms with Crippen LogP contribution in [0.25, 0.3) is 11.0 Å². The molecule has 0 unspecified atom stereocenters. The first kappa shape index (κ1) is 21.0. The Kier molecular flexibility index (Phi) is 5.85. The van der Waals surface area contributed by atoms with Crippen LogP contribution in [0.4, 0.5) is 5.69 Å². The number of hydrogen-bond acceptors (Lipinski definition) is 5. The predicted octanol–water partition coefficient (Wildman–Crippen LogP) is 3.79. The number of ether oxygens (including phenoxy) is 3. The third-order valence-electron chi connectivity index (χ3n) is 5.09. The van der Waals surface area contributed by atoms with Crippen molar-refractivity contribution in [2.24, 2.45) is 7.05 Å². The second-order valence-corrected chi connectivity index (χ2v) is 7.11. The minimum Gasteiger partial charge on any atom is -0.497 e. The highest BCUT2D eigenvalue weighted by atomic mass is 16.5. The monoisotopic (exact) mass is 433 g/mol. The summed E-state index contributed by atoms with van der Waals surface area (Å²) in [6.45, 7) is -0.110. The first-order chi connectivity index (χ1) is 15.5. The van der Waals surface area contributed by atoms with Gasteiger partial charge in [0.2, 0.25) is 5.91 Å². The Bertz CT molecular complexity index is 1320. The Morgan fingerprint density at radius 2 is 1.56 bits per heavy atom. The topological polar surface area (TPSA) is 83.7 Å². The van der Waals surface area contributed by atoms with Gasteiger partial charge in [0.25, 0.3) is 0 Å². The largest absolute Gasteiger partial charge is 0.497 e. The van der Waals surface area contributed by atoms with Crippen molar-refractivity contribution in [2.75, 3.05) is 19.5 Å². The van der Waals surface area contributed by atoms with E-state index < -0.39 is 0 Å². The normalized spacial score (nSPS) is 10.7. The average molecular weight is 433 g/mol. The number of nitrogens with zero attached hydrogens (tertiary/aromatic N) is 2. The Labute approximate surface area is 184 Å². The molecular formula is C24H23N3O5. The summed E-state index contributed by atoms with van der Waals surface area (Å²) in [5, 5.41) is 2.82. The zero-order chi connectivity index (χ0) is 22.7. The van der Waals surface area contributed by atoms with Crippen LogP contribution in [0, 0.1) is 0 Å². The molecule has 1 heterocycles. The van der Waals surface area contributed by atoms with Crippen LogP contribution in [0.15, 0.2) is 71.5 Å². The SMILES string of the molecule is COc1ccc(Oc2cc(NC(=O)Cn3c(=O)n(C)c4ccccc43)ccc2OC)cc1. The van der Waals surface area contributed by atoms with Crippen molar-refractivity contribution in [2.45, 2.75) is 6.54 Å². The van der Waals surface area contributed by atoms with Gasteiger partial charge < -0.3 is 19.5 Å². The van der Waals surface area contributed by atoms with E-state index in [1.54, 1.807) is 63.7 Å². The Morgan fingerprint density at radius 3 is 2.25 bits per heavy atom. The Morgan fingerprint density at radius 1 is 0.875 bits per heavy atom. The second-order valence-electron chi connectivity index (χ2n) is 7.11. The molecule has 0 aliphatic carbocycles. The molecule has 1 amide bonds. The third kappa shape index (κ3) is 4.15. The smallest absolute Gasteiger partial charge is 0.329 e. The molecule has 3 aromatic carbocycles. The van der Waals surface area contributed by atoms with Crippen LogP contribution in [0.2, 0.25) is 0 Å². The van der Waals surface area contributed by atoms with Crippen molar-refractivity contribution in [3.63, 3.8) is 0 Å². The van der Waals surface area contributed by atoms with Crippen LogP contribution < -0.4 is 25.2 Å². The number of nitrogens with one attached hydrogen (secondary N) is 1. The van der Waals surface area contributed by atoms with Gasteiger partial charge in [0, 0.05) is 18.8 Å². The van der Waals surface area contributed by atoms with E-state index in [1.165, 1.54) is 9.13 Å². The second kappa shape index (κ2) is 8.89. The van der Waals surface area contributed by atoms with Crippen molar-refractivity contribution in [3.8, 4) is 23.0 Å². The number of carbonyl (C=O) groups excluding carboxylic acids is 1. The van der Waals surface area contributed by atoms with E-state index in [4.69, 9.17) is 14.2 Å². The van der Waals surface area contributed by atoms with Gasteiger partial charge in [-0.2, -0.15) is 0 Å². The number of carbonyl (C=O) groups is 1. The van der Waals surface area contributed by atoms with E-state index in [0.29, 0.717) is 34.2 Å². The average Bonchev–Trinajstić information content (AvgIpc) is 3.05. The molecule has 164 valence electrons. The summed E-state index contributed by atoms with van der Waals surface area (Å²) in [7, 11) is 4.82. The molecule has 32 heavy (non-hydrogen) atoms. The van der Waals surface area contributed by atoms with E-state index in [1.807, 2.05) is 24.3 Å².